The van der Waals surface area contributed by atoms with Crippen molar-refractivity contribution in [3.05, 3.63) is 72.3 Å². The fourth-order valence-corrected chi connectivity index (χ4v) is 6.33. The lowest BCUT2D eigenvalue weighted by Crippen LogP contribution is -2.38. The van der Waals surface area contributed by atoms with Crippen LogP contribution in [0.3, 0.4) is 0 Å². The molecule has 0 spiro atoms. The van der Waals surface area contributed by atoms with Crippen LogP contribution in [0.15, 0.2) is 76.5 Å². The molecule has 3 aromatic carbocycles. The minimum absolute atomic E-state index is 0.00719. The van der Waals surface area contributed by atoms with E-state index in [4.69, 9.17) is 9.47 Å². The number of para-hydroxylation sites is 2. The van der Waals surface area contributed by atoms with Gasteiger partial charge in [-0.2, -0.15) is 0 Å². The molecule has 0 heterocycles. The predicted octanol–water partition coefficient (Wildman–Crippen LogP) is 3.53. The SMILES string of the molecule is COc1ccc(S(=O)(=O)NC(C)C)cc1NC(=O)CN(c1ccccc1OC)S(=O)(=O)c1ccc(C)cc1. The number of benzene rings is 3. The van der Waals surface area contributed by atoms with E-state index in [9.17, 15) is 21.6 Å². The Bertz CT molecular complexity index is 1500. The van der Waals surface area contributed by atoms with Crippen LogP contribution in [0.2, 0.25) is 0 Å². The third kappa shape index (κ3) is 6.63. The van der Waals surface area contributed by atoms with Crippen LogP contribution in [0, 0.1) is 6.92 Å². The van der Waals surface area contributed by atoms with Gasteiger partial charge in [0.1, 0.15) is 18.0 Å². The number of sulfonamides is 2. The smallest absolute Gasteiger partial charge is 0.264 e. The summed E-state index contributed by atoms with van der Waals surface area (Å²) in [5.74, 6) is -0.273. The monoisotopic (exact) mass is 561 g/mol. The molecule has 204 valence electrons. The Labute approximate surface area is 223 Å². The number of methoxy groups -OCH3 is 2. The molecular formula is C26H31N3O7S2. The van der Waals surface area contributed by atoms with Gasteiger partial charge in [0.2, 0.25) is 15.9 Å². The summed E-state index contributed by atoms with van der Waals surface area (Å²) in [6, 6.07) is 16.3. The standard InChI is InChI=1S/C26H31N3O7S2/c1-18(2)28-37(31,32)21-14-15-24(35-4)22(16-21)27-26(30)17-29(23-8-6-7-9-25(23)36-5)38(33,34)20-12-10-19(3)11-13-20/h6-16,18,28H,17H2,1-5H3,(H,27,30). The van der Waals surface area contributed by atoms with Crippen molar-refractivity contribution >= 4 is 37.3 Å². The Morgan fingerprint density at radius 2 is 1.47 bits per heavy atom. The largest absolute Gasteiger partial charge is 0.495 e. The second-order valence-corrected chi connectivity index (χ2v) is 12.3. The van der Waals surface area contributed by atoms with Gasteiger partial charge in [-0.05, 0) is 63.2 Å². The molecule has 12 heteroatoms. The van der Waals surface area contributed by atoms with E-state index in [0.29, 0.717) is 0 Å². The molecule has 0 saturated heterocycles. The molecule has 0 aliphatic rings. The summed E-state index contributed by atoms with van der Waals surface area (Å²) in [5, 5.41) is 2.59. The van der Waals surface area contributed by atoms with E-state index >= 15 is 0 Å². The highest BCUT2D eigenvalue weighted by atomic mass is 32.2. The zero-order valence-corrected chi connectivity index (χ0v) is 23.4. The number of carbonyl (C=O) groups excluding carboxylic acids is 1. The van der Waals surface area contributed by atoms with Crippen molar-refractivity contribution in [2.24, 2.45) is 0 Å². The van der Waals surface area contributed by atoms with E-state index < -0.39 is 32.5 Å². The van der Waals surface area contributed by atoms with Crippen molar-refractivity contribution in [1.82, 2.24) is 4.72 Å². The number of carbonyl (C=O) groups is 1. The molecule has 3 rings (SSSR count). The lowest BCUT2D eigenvalue weighted by Gasteiger charge is -2.26. The number of rotatable bonds is 11. The van der Waals surface area contributed by atoms with Crippen LogP contribution in [0.5, 0.6) is 11.5 Å². The number of hydrogen-bond donors (Lipinski definition) is 2. The van der Waals surface area contributed by atoms with E-state index in [-0.39, 0.29) is 38.7 Å². The first-order chi connectivity index (χ1) is 17.9. The molecule has 1 amide bonds. The first-order valence-corrected chi connectivity index (χ1v) is 14.5. The van der Waals surface area contributed by atoms with Gasteiger partial charge in [-0.3, -0.25) is 9.10 Å². The summed E-state index contributed by atoms with van der Waals surface area (Å²) in [6.45, 7) is 4.58. The number of anilines is 2. The van der Waals surface area contributed by atoms with Crippen LogP contribution < -0.4 is 23.8 Å². The molecule has 0 fully saturated rings. The van der Waals surface area contributed by atoms with Gasteiger partial charge in [-0.15, -0.1) is 0 Å². The molecule has 0 atom stereocenters. The fraction of sp³-hybridized carbons (Fsp3) is 0.269. The van der Waals surface area contributed by atoms with Gasteiger partial charge in [0.15, 0.2) is 0 Å². The maximum absolute atomic E-state index is 13.7. The van der Waals surface area contributed by atoms with Crippen molar-refractivity contribution < 1.29 is 31.1 Å². The van der Waals surface area contributed by atoms with E-state index in [0.717, 1.165) is 9.87 Å². The zero-order chi connectivity index (χ0) is 28.1. The fourth-order valence-electron chi connectivity index (χ4n) is 3.62. The van der Waals surface area contributed by atoms with Crippen LogP contribution >= 0.6 is 0 Å². The normalized spacial score (nSPS) is 11.7. The van der Waals surface area contributed by atoms with Gasteiger partial charge in [-0.25, -0.2) is 21.6 Å². The van der Waals surface area contributed by atoms with E-state index in [1.807, 2.05) is 6.92 Å². The maximum atomic E-state index is 13.7. The van der Waals surface area contributed by atoms with Gasteiger partial charge in [0, 0.05) is 6.04 Å². The first kappa shape index (κ1) is 29.0. The number of nitrogens with one attached hydrogen (secondary N) is 2. The molecule has 0 radical (unpaired) electrons. The number of amides is 1. The molecular weight excluding hydrogens is 530 g/mol. The lowest BCUT2D eigenvalue weighted by atomic mass is 10.2. The highest BCUT2D eigenvalue weighted by Gasteiger charge is 2.30. The molecule has 0 aliphatic carbocycles. The number of nitrogens with zero attached hydrogens (tertiary/aromatic N) is 1. The van der Waals surface area contributed by atoms with Gasteiger partial charge >= 0.3 is 0 Å². The molecule has 0 unspecified atom stereocenters. The van der Waals surface area contributed by atoms with Crippen LogP contribution in [-0.2, 0) is 24.8 Å². The summed E-state index contributed by atoms with van der Waals surface area (Å²) in [4.78, 5) is 13.2. The van der Waals surface area contributed by atoms with Gasteiger partial charge in [-0.1, -0.05) is 29.8 Å². The summed E-state index contributed by atoms with van der Waals surface area (Å²) in [6.07, 6.45) is 0. The third-order valence-corrected chi connectivity index (χ3v) is 8.83. The maximum Gasteiger partial charge on any atom is 0.264 e. The van der Waals surface area contributed by atoms with Gasteiger partial charge < -0.3 is 14.8 Å². The molecule has 38 heavy (non-hydrogen) atoms. The van der Waals surface area contributed by atoms with Gasteiger partial charge in [0.25, 0.3) is 10.0 Å². The Hall–Kier alpha value is -3.61. The number of ether oxygens (including phenoxy) is 2. The molecule has 0 bridgehead atoms. The lowest BCUT2D eigenvalue weighted by molar-refractivity contribution is -0.114. The summed E-state index contributed by atoms with van der Waals surface area (Å²) >= 11 is 0. The second-order valence-electron chi connectivity index (χ2n) is 8.68. The molecule has 10 nitrogen and oxygen atoms in total. The van der Waals surface area contributed by atoms with Crippen molar-refractivity contribution in [1.29, 1.82) is 0 Å². The van der Waals surface area contributed by atoms with Crippen LogP contribution in [0.25, 0.3) is 0 Å². The Morgan fingerprint density at radius 3 is 2.08 bits per heavy atom. The predicted molar refractivity (Wildman–Crippen MR) is 146 cm³/mol. The van der Waals surface area contributed by atoms with Crippen molar-refractivity contribution in [3.63, 3.8) is 0 Å². The minimum atomic E-state index is -4.20. The minimum Gasteiger partial charge on any atom is -0.495 e. The Balaban J connectivity index is 2.01. The highest BCUT2D eigenvalue weighted by Crippen LogP contribution is 2.33. The van der Waals surface area contributed by atoms with Crippen LogP contribution in [-0.4, -0.2) is 49.5 Å². The average molecular weight is 562 g/mol. The molecule has 0 aliphatic heterocycles. The van der Waals surface area contributed by atoms with Crippen molar-refractivity contribution in [2.75, 3.05) is 30.4 Å². The first-order valence-electron chi connectivity index (χ1n) is 11.6. The summed E-state index contributed by atoms with van der Waals surface area (Å²) in [5.41, 5.74) is 1.10. The van der Waals surface area contributed by atoms with E-state index in [1.54, 1.807) is 44.2 Å². The van der Waals surface area contributed by atoms with E-state index in [2.05, 4.69) is 10.0 Å². The topological polar surface area (TPSA) is 131 Å². The highest BCUT2D eigenvalue weighted by molar-refractivity contribution is 7.93. The zero-order valence-electron chi connectivity index (χ0n) is 21.8. The summed E-state index contributed by atoms with van der Waals surface area (Å²) in [7, 11) is -5.29. The van der Waals surface area contributed by atoms with Crippen LogP contribution in [0.1, 0.15) is 19.4 Å². The second kappa shape index (κ2) is 11.8. The summed E-state index contributed by atoms with van der Waals surface area (Å²) < 4.78 is 66.8. The quantitative estimate of drug-likeness (QED) is 0.366. The Kier molecular flexibility index (Phi) is 9.02. The van der Waals surface area contributed by atoms with E-state index in [1.165, 1.54) is 50.6 Å². The molecule has 2 N–H and O–H groups in total. The number of hydrogen-bond acceptors (Lipinski definition) is 7. The number of aryl methyl sites for hydroxylation is 1. The van der Waals surface area contributed by atoms with Crippen LogP contribution in [0.4, 0.5) is 11.4 Å². The Morgan fingerprint density at radius 1 is 0.868 bits per heavy atom. The van der Waals surface area contributed by atoms with Crippen molar-refractivity contribution in [2.45, 2.75) is 36.6 Å². The van der Waals surface area contributed by atoms with Crippen molar-refractivity contribution in [3.8, 4) is 11.5 Å². The molecule has 0 aromatic heterocycles. The molecule has 3 aromatic rings. The average Bonchev–Trinajstić information content (AvgIpc) is 2.86. The molecule has 0 saturated carbocycles. The third-order valence-electron chi connectivity index (χ3n) is 5.40. The van der Waals surface area contributed by atoms with Gasteiger partial charge in [0.05, 0.1) is 35.4 Å².